The normalized spacial score (nSPS) is 14.8. The zero-order valence-electron chi connectivity index (χ0n) is 17.3. The predicted octanol–water partition coefficient (Wildman–Crippen LogP) is 4.05. The number of amides is 2. The quantitative estimate of drug-likeness (QED) is 0.648. The Kier molecular flexibility index (Phi) is 5.73. The molecule has 0 saturated heterocycles. The van der Waals surface area contributed by atoms with E-state index < -0.39 is 11.7 Å². The minimum Gasteiger partial charge on any atom is -0.344 e. The van der Waals surface area contributed by atoms with Crippen LogP contribution in [0.2, 0.25) is 0 Å². The average molecular weight is 442 g/mol. The van der Waals surface area contributed by atoms with Crippen LogP contribution in [0.5, 0.6) is 0 Å². The van der Waals surface area contributed by atoms with Gasteiger partial charge in [0.15, 0.2) is 5.69 Å². The lowest BCUT2D eigenvalue weighted by Crippen LogP contribution is -2.39. The molecule has 0 saturated carbocycles. The summed E-state index contributed by atoms with van der Waals surface area (Å²) in [7, 11) is 0. The van der Waals surface area contributed by atoms with Crippen LogP contribution >= 0.6 is 0 Å². The molecule has 6 nitrogen and oxygen atoms in total. The van der Waals surface area contributed by atoms with Crippen LogP contribution in [0.1, 0.15) is 50.6 Å². The zero-order chi connectivity index (χ0) is 22.9. The fourth-order valence-electron chi connectivity index (χ4n) is 3.62. The largest absolute Gasteiger partial charge is 0.416 e. The van der Waals surface area contributed by atoms with E-state index in [2.05, 4.69) is 10.4 Å². The Balaban J connectivity index is 1.44. The lowest BCUT2D eigenvalue weighted by molar-refractivity contribution is -0.137. The van der Waals surface area contributed by atoms with Gasteiger partial charge in [-0.05, 0) is 30.2 Å². The molecule has 32 heavy (non-hydrogen) atoms. The van der Waals surface area contributed by atoms with Crippen LogP contribution < -0.4 is 5.32 Å². The van der Waals surface area contributed by atoms with Gasteiger partial charge in [-0.1, -0.05) is 42.5 Å². The summed E-state index contributed by atoms with van der Waals surface area (Å²) in [6, 6.07) is 15.4. The van der Waals surface area contributed by atoms with E-state index in [4.69, 9.17) is 0 Å². The van der Waals surface area contributed by atoms with Gasteiger partial charge in [0.05, 0.1) is 18.2 Å². The minimum absolute atomic E-state index is 0.146. The first kappa shape index (κ1) is 21.6. The average Bonchev–Trinajstić information content (AvgIpc) is 3.21. The predicted molar refractivity (Wildman–Crippen MR) is 111 cm³/mol. The summed E-state index contributed by atoms with van der Waals surface area (Å²) in [4.78, 5) is 27.1. The second-order valence-electron chi connectivity index (χ2n) is 7.67. The van der Waals surface area contributed by atoms with Gasteiger partial charge in [-0.25, -0.2) is 0 Å². The number of hydrogen-bond donors (Lipinski definition) is 1. The van der Waals surface area contributed by atoms with E-state index in [1.165, 1.54) is 27.8 Å². The van der Waals surface area contributed by atoms with Crippen molar-refractivity contribution in [3.8, 4) is 0 Å². The fraction of sp³-hybridized carbons (Fsp3) is 0.261. The summed E-state index contributed by atoms with van der Waals surface area (Å²) in [5.74, 6) is -0.704. The topological polar surface area (TPSA) is 67.2 Å². The Bertz CT molecular complexity index is 1120. The summed E-state index contributed by atoms with van der Waals surface area (Å²) < 4.78 is 39.7. The Hall–Kier alpha value is -3.62. The van der Waals surface area contributed by atoms with Crippen molar-refractivity contribution < 1.29 is 22.8 Å². The van der Waals surface area contributed by atoms with Crippen molar-refractivity contribution in [1.29, 1.82) is 0 Å². The molecular weight excluding hydrogens is 421 g/mol. The second kappa shape index (κ2) is 8.49. The number of carbonyl (C=O) groups excluding carboxylic acids is 2. The molecule has 1 aromatic heterocycles. The fourth-order valence-corrected chi connectivity index (χ4v) is 3.62. The molecule has 9 heteroatoms. The van der Waals surface area contributed by atoms with Crippen LogP contribution in [-0.4, -0.2) is 33.0 Å². The first-order valence-corrected chi connectivity index (χ1v) is 10.1. The summed E-state index contributed by atoms with van der Waals surface area (Å²) >= 11 is 0. The molecule has 0 fully saturated rings. The smallest absolute Gasteiger partial charge is 0.344 e. The van der Waals surface area contributed by atoms with Crippen molar-refractivity contribution in [2.45, 2.75) is 32.2 Å². The summed E-state index contributed by atoms with van der Waals surface area (Å²) in [6.45, 7) is 2.77. The highest BCUT2D eigenvalue weighted by Crippen LogP contribution is 2.29. The first-order chi connectivity index (χ1) is 15.2. The number of rotatable bonds is 5. The molecular formula is C23H21F3N4O2. The van der Waals surface area contributed by atoms with Crippen molar-refractivity contribution in [2.24, 2.45) is 0 Å². The molecule has 2 heterocycles. The Labute approximate surface area is 182 Å². The Morgan fingerprint density at radius 2 is 1.78 bits per heavy atom. The SMILES string of the molecule is C[C@H](NC(=O)c1cc2n(n1)CCN(Cc1ccc(C(F)(F)F)cc1)C2=O)c1ccccc1. The number of carbonyl (C=O) groups is 2. The third-order valence-electron chi connectivity index (χ3n) is 5.40. The number of fused-ring (bicyclic) bond motifs is 1. The maximum absolute atomic E-state index is 12.9. The molecule has 2 amide bonds. The van der Waals surface area contributed by atoms with Crippen LogP contribution in [0.25, 0.3) is 0 Å². The first-order valence-electron chi connectivity index (χ1n) is 10.1. The molecule has 3 aromatic rings. The maximum atomic E-state index is 12.9. The van der Waals surface area contributed by atoms with Crippen molar-refractivity contribution in [1.82, 2.24) is 20.0 Å². The molecule has 4 rings (SSSR count). The number of nitrogens with zero attached hydrogens (tertiary/aromatic N) is 3. The molecule has 1 aliphatic heterocycles. The highest BCUT2D eigenvalue weighted by atomic mass is 19.4. The zero-order valence-corrected chi connectivity index (χ0v) is 17.3. The lowest BCUT2D eigenvalue weighted by atomic mass is 10.1. The third kappa shape index (κ3) is 4.51. The summed E-state index contributed by atoms with van der Waals surface area (Å²) in [5, 5.41) is 7.13. The second-order valence-corrected chi connectivity index (χ2v) is 7.67. The molecule has 1 N–H and O–H groups in total. The van der Waals surface area contributed by atoms with E-state index in [9.17, 15) is 22.8 Å². The standard InChI is InChI=1S/C23H21F3N4O2/c1-15(17-5-3-2-4-6-17)27-21(31)19-13-20-22(32)29(11-12-30(20)28-19)14-16-7-9-18(10-8-16)23(24,25)26/h2-10,13,15H,11-12,14H2,1H3,(H,27,31)/t15-/m0/s1. The highest BCUT2D eigenvalue weighted by Gasteiger charge is 2.31. The number of alkyl halides is 3. The van der Waals surface area contributed by atoms with Gasteiger partial charge in [0, 0.05) is 19.2 Å². The van der Waals surface area contributed by atoms with Gasteiger partial charge in [0.25, 0.3) is 11.8 Å². The number of aromatic nitrogens is 2. The van der Waals surface area contributed by atoms with Crippen LogP contribution in [0, 0.1) is 0 Å². The van der Waals surface area contributed by atoms with E-state index in [0.717, 1.165) is 17.7 Å². The van der Waals surface area contributed by atoms with Gasteiger partial charge in [-0.2, -0.15) is 18.3 Å². The minimum atomic E-state index is -4.40. The van der Waals surface area contributed by atoms with Gasteiger partial charge in [-0.3, -0.25) is 14.3 Å². The van der Waals surface area contributed by atoms with Gasteiger partial charge in [0.2, 0.25) is 0 Å². The van der Waals surface area contributed by atoms with Crippen molar-refractivity contribution in [3.05, 3.63) is 88.7 Å². The summed E-state index contributed by atoms with van der Waals surface area (Å²) in [6.07, 6.45) is -4.40. The Morgan fingerprint density at radius 1 is 1.09 bits per heavy atom. The molecule has 1 aliphatic rings. The van der Waals surface area contributed by atoms with Crippen molar-refractivity contribution >= 4 is 11.8 Å². The van der Waals surface area contributed by atoms with Gasteiger partial charge < -0.3 is 10.2 Å². The van der Waals surface area contributed by atoms with Crippen molar-refractivity contribution in [3.63, 3.8) is 0 Å². The van der Waals surface area contributed by atoms with E-state index in [1.807, 2.05) is 37.3 Å². The number of hydrogen-bond acceptors (Lipinski definition) is 3. The molecule has 0 unspecified atom stereocenters. The van der Waals surface area contributed by atoms with E-state index >= 15 is 0 Å². The van der Waals surface area contributed by atoms with Crippen LogP contribution in [0.3, 0.4) is 0 Å². The van der Waals surface area contributed by atoms with Crippen molar-refractivity contribution in [2.75, 3.05) is 6.54 Å². The monoisotopic (exact) mass is 442 g/mol. The molecule has 0 bridgehead atoms. The molecule has 0 spiro atoms. The molecule has 2 aromatic carbocycles. The molecule has 166 valence electrons. The van der Waals surface area contributed by atoms with Gasteiger partial charge >= 0.3 is 6.18 Å². The Morgan fingerprint density at radius 3 is 2.44 bits per heavy atom. The van der Waals surface area contributed by atoms with Gasteiger partial charge in [-0.15, -0.1) is 0 Å². The maximum Gasteiger partial charge on any atom is 0.416 e. The van der Waals surface area contributed by atoms with E-state index in [-0.39, 0.29) is 35.8 Å². The molecule has 1 atom stereocenters. The van der Waals surface area contributed by atoms with Gasteiger partial charge in [0.1, 0.15) is 5.69 Å². The van der Waals surface area contributed by atoms with Crippen LogP contribution in [0.15, 0.2) is 60.7 Å². The lowest BCUT2D eigenvalue weighted by Gasteiger charge is -2.27. The molecule has 0 radical (unpaired) electrons. The number of benzene rings is 2. The number of nitrogens with one attached hydrogen (secondary N) is 1. The summed E-state index contributed by atoms with van der Waals surface area (Å²) in [5.41, 5.74) is 1.23. The molecule has 0 aliphatic carbocycles. The van der Waals surface area contributed by atoms with Crippen LogP contribution in [-0.2, 0) is 19.3 Å². The highest BCUT2D eigenvalue weighted by molar-refractivity contribution is 5.98. The number of halogens is 3. The third-order valence-corrected chi connectivity index (χ3v) is 5.40. The van der Waals surface area contributed by atoms with E-state index in [0.29, 0.717) is 18.7 Å². The van der Waals surface area contributed by atoms with Crippen LogP contribution in [0.4, 0.5) is 13.2 Å². The van der Waals surface area contributed by atoms with E-state index in [1.54, 1.807) is 0 Å².